The minimum Gasteiger partial charge on any atom is -0.489 e. The van der Waals surface area contributed by atoms with Crippen molar-refractivity contribution < 1.29 is 19.0 Å². The van der Waals surface area contributed by atoms with Crippen molar-refractivity contribution >= 4 is 23.8 Å². The predicted molar refractivity (Wildman–Crippen MR) is 144 cm³/mol. The van der Waals surface area contributed by atoms with Gasteiger partial charge in [0.1, 0.15) is 24.4 Å². The summed E-state index contributed by atoms with van der Waals surface area (Å²) in [5.41, 5.74) is 3.15. The molecule has 0 aromatic heterocycles. The Morgan fingerprint density at radius 3 is 2.17 bits per heavy atom. The maximum absolute atomic E-state index is 9.17. The number of aldehydes is 1. The van der Waals surface area contributed by atoms with Gasteiger partial charge in [-0.3, -0.25) is 5.41 Å². The van der Waals surface area contributed by atoms with Gasteiger partial charge in [0.05, 0.1) is 18.2 Å². The molecule has 0 aliphatic heterocycles. The first-order valence-corrected chi connectivity index (χ1v) is 12.0. The highest BCUT2D eigenvalue weighted by Crippen LogP contribution is 2.26. The van der Waals surface area contributed by atoms with E-state index >= 15 is 0 Å². The van der Waals surface area contributed by atoms with E-state index in [4.69, 9.17) is 31.2 Å². The van der Waals surface area contributed by atoms with Gasteiger partial charge in [-0.15, -0.1) is 0 Å². The molecule has 188 valence electrons. The molecule has 0 unspecified atom stereocenters. The van der Waals surface area contributed by atoms with Crippen LogP contribution < -0.4 is 9.47 Å². The Bertz CT molecular complexity index is 1020. The van der Waals surface area contributed by atoms with Gasteiger partial charge in [0.25, 0.3) is 0 Å². The Morgan fingerprint density at radius 1 is 0.971 bits per heavy atom. The van der Waals surface area contributed by atoms with E-state index in [-0.39, 0.29) is 12.0 Å². The highest BCUT2D eigenvalue weighted by molar-refractivity contribution is 6.32. The van der Waals surface area contributed by atoms with E-state index < -0.39 is 0 Å². The van der Waals surface area contributed by atoms with Crippen molar-refractivity contribution in [2.24, 2.45) is 0 Å². The summed E-state index contributed by atoms with van der Waals surface area (Å²) >= 11 is 6.00. The summed E-state index contributed by atoms with van der Waals surface area (Å²) < 4.78 is 16.0. The second-order valence-electron chi connectivity index (χ2n) is 7.70. The molecule has 0 amide bonds. The molecule has 35 heavy (non-hydrogen) atoms. The molecular weight excluding hydrogens is 462 g/mol. The zero-order chi connectivity index (χ0) is 26.1. The summed E-state index contributed by atoms with van der Waals surface area (Å²) in [4.78, 5) is 9.17. The fraction of sp³-hybridized carbons (Fsp3) is 0.310. The molecule has 0 radical (unpaired) electrons. The first-order valence-electron chi connectivity index (χ1n) is 11.6. The molecule has 0 heterocycles. The van der Waals surface area contributed by atoms with Crippen LogP contribution in [0.5, 0.6) is 11.5 Å². The fourth-order valence-corrected chi connectivity index (χ4v) is 2.93. The molecule has 1 N–H and O–H groups in total. The number of carbonyl (C=O) groups is 1. The van der Waals surface area contributed by atoms with Crippen LogP contribution in [0.15, 0.2) is 72.8 Å². The normalized spacial score (nSPS) is 9.69. The Kier molecular flexibility index (Phi) is 14.6. The lowest BCUT2D eigenvalue weighted by molar-refractivity contribution is -0.107. The van der Waals surface area contributed by atoms with Crippen LogP contribution >= 0.6 is 11.6 Å². The van der Waals surface area contributed by atoms with Crippen LogP contribution in [0, 0.1) is 5.41 Å². The van der Waals surface area contributed by atoms with E-state index in [0.29, 0.717) is 29.4 Å². The van der Waals surface area contributed by atoms with E-state index in [1.807, 2.05) is 51.1 Å². The average molecular weight is 498 g/mol. The second kappa shape index (κ2) is 17.2. The SMILES string of the molecule is CCC=O.CCc1cccc(OCc2ccccc2)c1.COC(=N)c1ccc(OC(C)C)c(Cl)c1. The second-order valence-corrected chi connectivity index (χ2v) is 8.10. The lowest BCUT2D eigenvalue weighted by atomic mass is 10.2. The fourth-order valence-electron chi connectivity index (χ4n) is 2.71. The molecule has 0 aliphatic carbocycles. The summed E-state index contributed by atoms with van der Waals surface area (Å²) in [5.74, 6) is 1.66. The molecule has 0 aliphatic rings. The Morgan fingerprint density at radius 2 is 1.63 bits per heavy atom. The van der Waals surface area contributed by atoms with Crippen molar-refractivity contribution in [2.45, 2.75) is 53.2 Å². The highest BCUT2D eigenvalue weighted by atomic mass is 35.5. The summed E-state index contributed by atoms with van der Waals surface area (Å²) in [6.07, 6.45) is 2.64. The third-order valence-corrected chi connectivity index (χ3v) is 4.78. The minimum absolute atomic E-state index is 0.0789. The molecule has 5 nitrogen and oxygen atoms in total. The van der Waals surface area contributed by atoms with Crippen LogP contribution in [-0.2, 0) is 22.6 Å². The number of carbonyl (C=O) groups excluding carboxylic acids is 1. The molecule has 0 spiro atoms. The minimum atomic E-state index is 0.0789. The maximum Gasteiger partial charge on any atom is 0.212 e. The van der Waals surface area contributed by atoms with Crippen LogP contribution in [-0.4, -0.2) is 25.4 Å². The smallest absolute Gasteiger partial charge is 0.212 e. The van der Waals surface area contributed by atoms with Crippen LogP contribution in [0.2, 0.25) is 5.02 Å². The van der Waals surface area contributed by atoms with E-state index in [1.54, 1.807) is 18.2 Å². The summed E-state index contributed by atoms with van der Waals surface area (Å²) in [7, 11) is 1.45. The first kappa shape index (κ1) is 29.7. The number of hydrogen-bond acceptors (Lipinski definition) is 5. The Balaban J connectivity index is 0.000000305. The van der Waals surface area contributed by atoms with Crippen LogP contribution in [0.4, 0.5) is 0 Å². The maximum atomic E-state index is 9.17. The van der Waals surface area contributed by atoms with Gasteiger partial charge in [-0.05, 0) is 61.7 Å². The summed E-state index contributed by atoms with van der Waals surface area (Å²) in [5, 5.41) is 7.95. The summed E-state index contributed by atoms with van der Waals surface area (Å²) in [6.45, 7) is 8.46. The number of methoxy groups -OCH3 is 1. The molecule has 0 saturated heterocycles. The lowest BCUT2D eigenvalue weighted by Gasteiger charge is -2.12. The number of rotatable bonds is 8. The largest absolute Gasteiger partial charge is 0.489 e. The standard InChI is InChI=1S/C15H16O.C11H14ClNO2.C3H6O/c1-2-13-9-6-10-15(11-13)16-12-14-7-4-3-5-8-14;1-7(2)15-10-5-4-8(6-9(10)12)11(13)14-3;1-2-3-4/h3-11H,2,12H2,1H3;4-7,13H,1-3H3;3H,2H2,1H3. The van der Waals surface area contributed by atoms with E-state index in [1.165, 1.54) is 18.2 Å². The topological polar surface area (TPSA) is 68.6 Å². The molecule has 3 aromatic carbocycles. The van der Waals surface area contributed by atoms with Gasteiger partial charge < -0.3 is 19.0 Å². The van der Waals surface area contributed by atoms with Crippen molar-refractivity contribution in [2.75, 3.05) is 7.11 Å². The Labute approximate surface area is 214 Å². The molecule has 0 atom stereocenters. The molecule has 0 bridgehead atoms. The molecule has 0 fully saturated rings. The zero-order valence-electron chi connectivity index (χ0n) is 21.2. The number of hydrogen-bond donors (Lipinski definition) is 1. The van der Waals surface area contributed by atoms with Crippen molar-refractivity contribution in [1.82, 2.24) is 0 Å². The quantitative estimate of drug-likeness (QED) is 0.198. The number of benzene rings is 3. The highest BCUT2D eigenvalue weighted by Gasteiger charge is 2.07. The van der Waals surface area contributed by atoms with E-state index in [0.717, 1.165) is 18.5 Å². The van der Waals surface area contributed by atoms with Gasteiger partial charge in [-0.2, -0.15) is 0 Å². The number of nitrogens with one attached hydrogen (secondary N) is 1. The Hall–Kier alpha value is -3.31. The van der Waals surface area contributed by atoms with E-state index in [2.05, 4.69) is 31.2 Å². The van der Waals surface area contributed by atoms with Crippen LogP contribution in [0.1, 0.15) is 50.8 Å². The van der Waals surface area contributed by atoms with Crippen molar-refractivity contribution in [1.29, 1.82) is 5.41 Å². The molecule has 6 heteroatoms. The number of aryl methyl sites for hydroxylation is 1. The van der Waals surface area contributed by atoms with E-state index in [9.17, 15) is 4.79 Å². The van der Waals surface area contributed by atoms with Gasteiger partial charge in [-0.25, -0.2) is 0 Å². The van der Waals surface area contributed by atoms with Gasteiger partial charge in [0.15, 0.2) is 0 Å². The molecule has 0 saturated carbocycles. The van der Waals surface area contributed by atoms with Crippen molar-refractivity contribution in [3.8, 4) is 11.5 Å². The molecular formula is C29H36ClNO4. The van der Waals surface area contributed by atoms with Gasteiger partial charge in [0, 0.05) is 12.0 Å². The number of ether oxygens (including phenoxy) is 3. The van der Waals surface area contributed by atoms with Crippen molar-refractivity contribution in [3.05, 3.63) is 94.5 Å². The third-order valence-electron chi connectivity index (χ3n) is 4.48. The van der Waals surface area contributed by atoms with Crippen LogP contribution in [0.3, 0.4) is 0 Å². The molecule has 3 rings (SSSR count). The van der Waals surface area contributed by atoms with Gasteiger partial charge in [0.2, 0.25) is 5.90 Å². The average Bonchev–Trinajstić information content (AvgIpc) is 2.89. The van der Waals surface area contributed by atoms with Gasteiger partial charge in [-0.1, -0.05) is 67.9 Å². The van der Waals surface area contributed by atoms with Crippen molar-refractivity contribution in [3.63, 3.8) is 0 Å². The molecule has 3 aromatic rings. The van der Waals surface area contributed by atoms with Crippen LogP contribution in [0.25, 0.3) is 0 Å². The number of halogens is 1. The first-order chi connectivity index (χ1) is 16.8. The lowest BCUT2D eigenvalue weighted by Crippen LogP contribution is -2.07. The predicted octanol–water partition coefficient (Wildman–Crippen LogP) is 7.52. The third kappa shape index (κ3) is 12.1. The zero-order valence-corrected chi connectivity index (χ0v) is 22.0. The summed E-state index contributed by atoms with van der Waals surface area (Å²) in [6, 6.07) is 23.6. The van der Waals surface area contributed by atoms with Gasteiger partial charge >= 0.3 is 0 Å². The monoisotopic (exact) mass is 497 g/mol.